The molecule has 2 aromatic rings. The molecule has 0 atom stereocenters. The van der Waals surface area contributed by atoms with Crippen molar-refractivity contribution in [3.8, 4) is 5.75 Å². The summed E-state index contributed by atoms with van der Waals surface area (Å²) in [6.45, 7) is 13.5. The van der Waals surface area contributed by atoms with Crippen molar-refractivity contribution in [3.63, 3.8) is 0 Å². The van der Waals surface area contributed by atoms with Crippen LogP contribution in [0, 0.1) is 11.3 Å². The van der Waals surface area contributed by atoms with Crippen LogP contribution in [0.4, 0.5) is 23.7 Å². The number of urea groups is 1. The quantitative estimate of drug-likeness (QED) is 0.103. The molecule has 15 heteroatoms. The summed E-state index contributed by atoms with van der Waals surface area (Å²) in [5, 5.41) is 8.35. The molecule has 1 aliphatic carbocycles. The van der Waals surface area contributed by atoms with Gasteiger partial charge in [-0.3, -0.25) is 9.59 Å². The van der Waals surface area contributed by atoms with E-state index in [1.165, 1.54) is 12.1 Å². The van der Waals surface area contributed by atoms with Gasteiger partial charge in [0.2, 0.25) is 5.91 Å². The molecule has 0 aromatic heterocycles. The molecule has 4 amide bonds. The molecule has 0 aliphatic heterocycles. The Morgan fingerprint density at radius 1 is 0.727 bits per heavy atom. The topological polar surface area (TPSA) is 137 Å². The summed E-state index contributed by atoms with van der Waals surface area (Å²) in [6.07, 6.45) is -0.154. The third-order valence-electron chi connectivity index (χ3n) is 9.20. The standard InChI is InChI=1S/C40H59F3N4O8/c1-5-21-51-23-25-53-27-28-54-26-24-52-22-20-44-36(48)18-19-45-37(49)31-8-6-30(7-9-31)29-47(34-14-10-32(11-15-34)39(2,3)4)38(50)46-33-12-16-35(17-13-33)55-40(41,42)43/h6-9,12-13,16-17,32,34H,5,10-11,14-15,18-29H2,1-4H3,(H,44,48)(H,45,49)(H,46,50). The molecule has 1 fully saturated rings. The minimum absolute atomic E-state index is 0.0437. The molecule has 1 saturated carbocycles. The summed E-state index contributed by atoms with van der Waals surface area (Å²) in [4.78, 5) is 40.4. The fraction of sp³-hybridized carbons (Fsp3) is 0.625. The number of carbonyl (C=O) groups excluding carboxylic acids is 3. The first kappa shape index (κ1) is 45.5. The molecule has 308 valence electrons. The van der Waals surface area contributed by atoms with Crippen molar-refractivity contribution < 1.29 is 51.2 Å². The molecule has 0 radical (unpaired) electrons. The lowest BCUT2D eigenvalue weighted by atomic mass is 9.71. The second kappa shape index (κ2) is 23.9. The first-order chi connectivity index (χ1) is 26.2. The van der Waals surface area contributed by atoms with Gasteiger partial charge in [-0.05, 0) is 85.4 Å². The minimum Gasteiger partial charge on any atom is -0.406 e. The Morgan fingerprint density at radius 2 is 1.29 bits per heavy atom. The van der Waals surface area contributed by atoms with Crippen LogP contribution in [0.2, 0.25) is 0 Å². The number of hydrogen-bond donors (Lipinski definition) is 3. The molecular formula is C40H59F3N4O8. The van der Waals surface area contributed by atoms with E-state index in [1.807, 2.05) is 0 Å². The van der Waals surface area contributed by atoms with E-state index in [-0.39, 0.29) is 54.6 Å². The van der Waals surface area contributed by atoms with E-state index in [0.717, 1.165) is 56.4 Å². The average molecular weight is 781 g/mol. The summed E-state index contributed by atoms with van der Waals surface area (Å²) < 4.78 is 63.4. The molecule has 0 heterocycles. The van der Waals surface area contributed by atoms with E-state index >= 15 is 0 Å². The number of alkyl halides is 3. The number of nitrogens with zero attached hydrogens (tertiary/aromatic N) is 1. The zero-order valence-electron chi connectivity index (χ0n) is 32.6. The molecule has 0 bridgehead atoms. The van der Waals surface area contributed by atoms with E-state index in [4.69, 9.17) is 18.9 Å². The molecule has 0 saturated heterocycles. The molecule has 2 aromatic carbocycles. The van der Waals surface area contributed by atoms with Crippen LogP contribution in [0.1, 0.15) is 82.1 Å². The largest absolute Gasteiger partial charge is 0.573 e. The van der Waals surface area contributed by atoms with E-state index in [0.29, 0.717) is 70.0 Å². The molecule has 0 spiro atoms. The van der Waals surface area contributed by atoms with Gasteiger partial charge in [-0.15, -0.1) is 13.2 Å². The second-order valence-corrected chi connectivity index (χ2v) is 14.5. The third-order valence-corrected chi connectivity index (χ3v) is 9.20. The molecule has 0 unspecified atom stereocenters. The van der Waals surface area contributed by atoms with Crippen molar-refractivity contribution in [2.75, 3.05) is 71.3 Å². The van der Waals surface area contributed by atoms with Crippen LogP contribution in [0.15, 0.2) is 48.5 Å². The van der Waals surface area contributed by atoms with Crippen LogP contribution >= 0.6 is 0 Å². The zero-order valence-corrected chi connectivity index (χ0v) is 32.6. The maximum absolute atomic E-state index is 13.6. The molecule has 3 N–H and O–H groups in total. The fourth-order valence-corrected chi connectivity index (χ4v) is 6.16. The lowest BCUT2D eigenvalue weighted by Crippen LogP contribution is -2.45. The van der Waals surface area contributed by atoms with Crippen LogP contribution in [0.25, 0.3) is 0 Å². The van der Waals surface area contributed by atoms with Gasteiger partial charge in [0.05, 0.1) is 46.2 Å². The molecule has 55 heavy (non-hydrogen) atoms. The van der Waals surface area contributed by atoms with Crippen LogP contribution < -0.4 is 20.7 Å². The monoisotopic (exact) mass is 780 g/mol. The minimum atomic E-state index is -4.81. The van der Waals surface area contributed by atoms with E-state index in [1.54, 1.807) is 29.2 Å². The lowest BCUT2D eigenvalue weighted by Gasteiger charge is -2.41. The van der Waals surface area contributed by atoms with Gasteiger partial charge in [-0.25, -0.2) is 4.79 Å². The van der Waals surface area contributed by atoms with Crippen LogP contribution in [0.5, 0.6) is 5.75 Å². The SMILES string of the molecule is CCCOCCOCCOCCOCCNC(=O)CCNC(=O)c1ccc(CN(C(=O)Nc2ccc(OC(F)(F)F)cc2)C2CCC(C(C)(C)C)CC2)cc1. The molecule has 3 rings (SSSR count). The summed E-state index contributed by atoms with van der Waals surface area (Å²) in [5.74, 6) is -0.389. The Bertz CT molecular complexity index is 1410. The molecule has 12 nitrogen and oxygen atoms in total. The highest BCUT2D eigenvalue weighted by Gasteiger charge is 2.34. The van der Waals surface area contributed by atoms with Crippen molar-refractivity contribution in [1.29, 1.82) is 0 Å². The second-order valence-electron chi connectivity index (χ2n) is 14.5. The number of rotatable bonds is 23. The number of nitrogens with one attached hydrogen (secondary N) is 3. The predicted octanol–water partition coefficient (Wildman–Crippen LogP) is 6.94. The number of anilines is 1. The van der Waals surface area contributed by atoms with Gasteiger partial charge < -0.3 is 44.5 Å². The van der Waals surface area contributed by atoms with Crippen LogP contribution in [0.3, 0.4) is 0 Å². The summed E-state index contributed by atoms with van der Waals surface area (Å²) >= 11 is 0. The van der Waals surface area contributed by atoms with Crippen LogP contribution in [-0.2, 0) is 30.3 Å². The van der Waals surface area contributed by atoms with Crippen molar-refractivity contribution in [2.24, 2.45) is 11.3 Å². The maximum Gasteiger partial charge on any atom is 0.573 e. The highest BCUT2D eigenvalue weighted by molar-refractivity contribution is 5.94. The van der Waals surface area contributed by atoms with Crippen molar-refractivity contribution >= 4 is 23.5 Å². The molecule has 1 aliphatic rings. The van der Waals surface area contributed by atoms with Gasteiger partial charge in [0.15, 0.2) is 0 Å². The van der Waals surface area contributed by atoms with Gasteiger partial charge in [0, 0.05) is 50.0 Å². The maximum atomic E-state index is 13.6. The van der Waals surface area contributed by atoms with Gasteiger partial charge in [-0.1, -0.05) is 39.8 Å². The summed E-state index contributed by atoms with van der Waals surface area (Å²) in [6, 6.07) is 11.5. The number of carbonyl (C=O) groups is 3. The van der Waals surface area contributed by atoms with E-state index in [9.17, 15) is 27.6 Å². The number of benzene rings is 2. The third kappa shape index (κ3) is 18.5. The summed E-state index contributed by atoms with van der Waals surface area (Å²) in [7, 11) is 0. The Labute approximate surface area is 323 Å². The highest BCUT2D eigenvalue weighted by atomic mass is 19.4. The zero-order chi connectivity index (χ0) is 40.1. The van der Waals surface area contributed by atoms with Crippen LogP contribution in [-0.4, -0.2) is 101 Å². The fourth-order valence-electron chi connectivity index (χ4n) is 6.16. The highest BCUT2D eigenvalue weighted by Crippen LogP contribution is 2.39. The first-order valence-electron chi connectivity index (χ1n) is 19.1. The normalized spacial score (nSPS) is 16.0. The van der Waals surface area contributed by atoms with Crippen molar-refractivity contribution in [3.05, 3.63) is 59.7 Å². The number of ether oxygens (including phenoxy) is 5. The number of hydrogen-bond acceptors (Lipinski definition) is 8. The summed E-state index contributed by atoms with van der Waals surface area (Å²) in [5.41, 5.74) is 1.72. The smallest absolute Gasteiger partial charge is 0.406 e. The average Bonchev–Trinajstić information content (AvgIpc) is 3.14. The predicted molar refractivity (Wildman–Crippen MR) is 203 cm³/mol. The first-order valence-corrected chi connectivity index (χ1v) is 19.1. The Kier molecular flexibility index (Phi) is 19.7. The lowest BCUT2D eigenvalue weighted by molar-refractivity contribution is -0.274. The number of amides is 4. The Hall–Kier alpha value is -3.92. The number of halogens is 3. The molecular weight excluding hydrogens is 721 g/mol. The van der Waals surface area contributed by atoms with Gasteiger partial charge in [0.25, 0.3) is 5.91 Å². The Morgan fingerprint density at radius 3 is 1.84 bits per heavy atom. The van der Waals surface area contributed by atoms with Gasteiger partial charge in [-0.2, -0.15) is 0 Å². The Balaban J connectivity index is 1.40. The van der Waals surface area contributed by atoms with Crippen molar-refractivity contribution in [1.82, 2.24) is 15.5 Å². The van der Waals surface area contributed by atoms with Gasteiger partial charge in [0.1, 0.15) is 5.75 Å². The van der Waals surface area contributed by atoms with Crippen molar-refractivity contribution in [2.45, 2.75) is 85.2 Å². The van der Waals surface area contributed by atoms with Gasteiger partial charge >= 0.3 is 12.4 Å². The van der Waals surface area contributed by atoms with E-state index < -0.39 is 6.36 Å². The van der Waals surface area contributed by atoms with E-state index in [2.05, 4.69) is 48.4 Å².